The number of hydrogen-bond donors (Lipinski definition) is 0. The third-order valence-electron chi connectivity index (χ3n) is 8.41. The molecule has 2 amide bonds. The Morgan fingerprint density at radius 1 is 1.02 bits per heavy atom. The second-order valence-electron chi connectivity index (χ2n) is 10.8. The van der Waals surface area contributed by atoms with Crippen molar-refractivity contribution in [1.82, 2.24) is 13.8 Å². The number of fused-ring (bicyclic) bond motifs is 2. The number of para-hydroxylation sites is 1. The highest BCUT2D eigenvalue weighted by Gasteiger charge is 2.34. The summed E-state index contributed by atoms with van der Waals surface area (Å²) in [7, 11) is -3.73. The van der Waals surface area contributed by atoms with Crippen LogP contribution in [0.5, 0.6) is 0 Å². The molecule has 2 aromatic carbocycles. The molecule has 0 spiro atoms. The molecular weight excluding hydrogens is 540 g/mol. The maximum absolute atomic E-state index is 13.7. The number of aromatic nitrogens is 1. The summed E-state index contributed by atoms with van der Waals surface area (Å²) in [6.45, 7) is 7.63. The molecule has 10 heteroatoms. The number of carbonyl (C=O) groups excluding carboxylic acids is 2. The molecule has 3 aliphatic heterocycles. The van der Waals surface area contributed by atoms with Crippen molar-refractivity contribution >= 4 is 50.1 Å². The zero-order chi connectivity index (χ0) is 28.7. The minimum atomic E-state index is -3.73. The van der Waals surface area contributed by atoms with Gasteiger partial charge in [-0.15, -0.1) is 0 Å². The summed E-state index contributed by atoms with van der Waals surface area (Å²) in [5, 5.41) is 0.965. The second-order valence-corrected chi connectivity index (χ2v) is 12.7. The number of aryl methyl sites for hydroxylation is 1. The van der Waals surface area contributed by atoms with Gasteiger partial charge in [0.1, 0.15) is 6.54 Å². The van der Waals surface area contributed by atoms with Crippen molar-refractivity contribution in [1.29, 1.82) is 0 Å². The number of anilines is 1. The number of benzene rings is 2. The van der Waals surface area contributed by atoms with Gasteiger partial charge in [0.15, 0.2) is 0 Å². The highest BCUT2D eigenvalue weighted by molar-refractivity contribution is 7.89. The molecule has 1 aromatic heterocycles. The second kappa shape index (κ2) is 11.1. The molecule has 0 N–H and O–H groups in total. The zero-order valence-electron chi connectivity index (χ0n) is 23.6. The average Bonchev–Trinajstić information content (AvgIpc) is 3.71. The van der Waals surface area contributed by atoms with Crippen LogP contribution in [0.1, 0.15) is 43.4 Å². The average molecular weight is 577 g/mol. The lowest BCUT2D eigenvalue weighted by molar-refractivity contribution is -0.130. The summed E-state index contributed by atoms with van der Waals surface area (Å²) >= 11 is 0. The molecule has 216 valence electrons. The fourth-order valence-corrected chi connectivity index (χ4v) is 7.68. The number of nitrogens with zero attached hydrogens (tertiary/aromatic N) is 4. The molecule has 0 bridgehead atoms. The van der Waals surface area contributed by atoms with Crippen LogP contribution in [0.25, 0.3) is 22.6 Å². The van der Waals surface area contributed by atoms with Crippen molar-refractivity contribution < 1.29 is 22.7 Å². The van der Waals surface area contributed by atoms with Gasteiger partial charge >= 0.3 is 0 Å². The smallest absolute Gasteiger partial charge is 0.258 e. The lowest BCUT2D eigenvalue weighted by Crippen LogP contribution is -2.40. The molecule has 3 aromatic rings. The molecule has 0 unspecified atom stereocenters. The van der Waals surface area contributed by atoms with Crippen molar-refractivity contribution in [2.45, 2.75) is 44.6 Å². The minimum Gasteiger partial charge on any atom is -0.379 e. The van der Waals surface area contributed by atoms with Gasteiger partial charge in [-0.25, -0.2) is 8.42 Å². The SMILES string of the molecule is CCc1cccc2c(C=C3C(=O)N(CC)c4ccc(S(=O)(=O)N5CCOCC5)cc43)cn(CC(=O)N3CCCC3)c12. The van der Waals surface area contributed by atoms with Crippen LogP contribution in [-0.4, -0.2) is 79.9 Å². The highest BCUT2D eigenvalue weighted by Crippen LogP contribution is 2.40. The lowest BCUT2D eigenvalue weighted by atomic mass is 10.0. The third-order valence-corrected chi connectivity index (χ3v) is 10.3. The molecule has 3 aliphatic rings. The topological polar surface area (TPSA) is 92.2 Å². The van der Waals surface area contributed by atoms with Gasteiger partial charge in [-0.2, -0.15) is 4.31 Å². The van der Waals surface area contributed by atoms with E-state index in [0.29, 0.717) is 49.7 Å². The predicted octanol–water partition coefficient (Wildman–Crippen LogP) is 3.75. The summed E-state index contributed by atoms with van der Waals surface area (Å²) in [6.07, 6.45) is 6.70. The van der Waals surface area contributed by atoms with Crippen LogP contribution < -0.4 is 4.90 Å². The Morgan fingerprint density at radius 2 is 1.78 bits per heavy atom. The Kier molecular flexibility index (Phi) is 7.48. The van der Waals surface area contributed by atoms with E-state index in [2.05, 4.69) is 13.0 Å². The molecule has 2 fully saturated rings. The largest absolute Gasteiger partial charge is 0.379 e. The Bertz CT molecular complexity index is 1650. The molecule has 0 radical (unpaired) electrons. The number of likely N-dealkylation sites (N-methyl/N-ethyl adjacent to an activating group) is 1. The van der Waals surface area contributed by atoms with Gasteiger partial charge in [-0.3, -0.25) is 9.59 Å². The predicted molar refractivity (Wildman–Crippen MR) is 159 cm³/mol. The fourth-order valence-electron chi connectivity index (χ4n) is 6.24. The van der Waals surface area contributed by atoms with Crippen LogP contribution in [0.4, 0.5) is 5.69 Å². The van der Waals surface area contributed by atoms with Crippen LogP contribution in [0.2, 0.25) is 0 Å². The molecule has 0 aliphatic carbocycles. The van der Waals surface area contributed by atoms with Gasteiger partial charge in [0.2, 0.25) is 15.9 Å². The maximum atomic E-state index is 13.7. The van der Waals surface area contributed by atoms with Crippen LogP contribution in [0.3, 0.4) is 0 Å². The number of carbonyl (C=O) groups is 2. The van der Waals surface area contributed by atoms with Crippen LogP contribution >= 0.6 is 0 Å². The summed E-state index contributed by atoms with van der Waals surface area (Å²) in [5.41, 5.74) is 4.72. The van der Waals surface area contributed by atoms with Crippen molar-refractivity contribution in [3.05, 3.63) is 59.3 Å². The molecule has 6 rings (SSSR count). The van der Waals surface area contributed by atoms with E-state index in [9.17, 15) is 18.0 Å². The first-order valence-electron chi connectivity index (χ1n) is 14.5. The van der Waals surface area contributed by atoms with Crippen LogP contribution in [0, 0.1) is 0 Å². The molecule has 41 heavy (non-hydrogen) atoms. The Hall–Kier alpha value is -3.47. The number of amides is 2. The first-order chi connectivity index (χ1) is 19.8. The normalized spacial score (nSPS) is 19.1. The van der Waals surface area contributed by atoms with Crippen molar-refractivity contribution in [3.8, 4) is 0 Å². The van der Waals surface area contributed by atoms with E-state index in [0.717, 1.165) is 54.4 Å². The standard InChI is InChI=1S/C31H36N4O5S/c1-3-22-8-7-9-25-23(20-33(30(22)25)21-29(36)32-12-5-6-13-32)18-27-26-19-24(10-11-28(26)35(4-2)31(27)37)41(38,39)34-14-16-40-17-15-34/h7-11,18-20H,3-6,12-17,21H2,1-2H3. The van der Waals surface area contributed by atoms with E-state index in [1.54, 1.807) is 23.1 Å². The van der Waals surface area contributed by atoms with E-state index in [-0.39, 0.29) is 23.3 Å². The number of rotatable bonds is 7. The van der Waals surface area contributed by atoms with Gasteiger partial charge in [0.25, 0.3) is 5.91 Å². The quantitative estimate of drug-likeness (QED) is 0.400. The number of hydrogen-bond acceptors (Lipinski definition) is 5. The van der Waals surface area contributed by atoms with Crippen LogP contribution in [0.15, 0.2) is 47.5 Å². The summed E-state index contributed by atoms with van der Waals surface area (Å²) < 4.78 is 35.7. The van der Waals surface area contributed by atoms with Gasteiger partial charge in [-0.05, 0) is 56.0 Å². The van der Waals surface area contributed by atoms with E-state index >= 15 is 0 Å². The Balaban J connectivity index is 1.45. The Morgan fingerprint density at radius 3 is 2.49 bits per heavy atom. The molecule has 9 nitrogen and oxygen atoms in total. The number of ether oxygens (including phenoxy) is 1. The fraction of sp³-hybridized carbons (Fsp3) is 0.419. The molecule has 0 atom stereocenters. The van der Waals surface area contributed by atoms with Gasteiger partial charge in [-0.1, -0.05) is 25.1 Å². The number of likely N-dealkylation sites (tertiary alicyclic amines) is 1. The number of sulfonamides is 1. The molecule has 2 saturated heterocycles. The van der Waals surface area contributed by atoms with Gasteiger partial charge in [0, 0.05) is 61.0 Å². The van der Waals surface area contributed by atoms with E-state index in [4.69, 9.17) is 4.74 Å². The summed E-state index contributed by atoms with van der Waals surface area (Å²) in [5.74, 6) is -0.0639. The van der Waals surface area contributed by atoms with Crippen LogP contribution in [-0.2, 0) is 37.3 Å². The molecular formula is C31H36N4O5S. The summed E-state index contributed by atoms with van der Waals surface area (Å²) in [4.78, 5) is 30.6. The van der Waals surface area contributed by atoms with E-state index < -0.39 is 10.0 Å². The van der Waals surface area contributed by atoms with Crippen molar-refractivity contribution in [2.75, 3.05) is 50.8 Å². The van der Waals surface area contributed by atoms with Gasteiger partial charge in [0.05, 0.1) is 29.3 Å². The zero-order valence-corrected chi connectivity index (χ0v) is 24.5. The van der Waals surface area contributed by atoms with Crippen molar-refractivity contribution in [3.63, 3.8) is 0 Å². The molecule has 4 heterocycles. The maximum Gasteiger partial charge on any atom is 0.258 e. The first kappa shape index (κ1) is 27.7. The Labute approximate surface area is 241 Å². The molecule has 0 saturated carbocycles. The first-order valence-corrected chi connectivity index (χ1v) is 15.9. The van der Waals surface area contributed by atoms with Crippen molar-refractivity contribution in [2.24, 2.45) is 0 Å². The number of morpholine rings is 1. The lowest BCUT2D eigenvalue weighted by Gasteiger charge is -2.26. The van der Waals surface area contributed by atoms with Gasteiger partial charge < -0.3 is 19.1 Å². The van der Waals surface area contributed by atoms with E-state index in [1.807, 2.05) is 40.8 Å². The minimum absolute atomic E-state index is 0.0990. The van der Waals surface area contributed by atoms with E-state index in [1.165, 1.54) is 4.31 Å². The highest BCUT2D eigenvalue weighted by atomic mass is 32.2. The third kappa shape index (κ3) is 4.87. The summed E-state index contributed by atoms with van der Waals surface area (Å²) in [6, 6.07) is 11.1. The monoisotopic (exact) mass is 576 g/mol.